The molecule has 18 heavy (non-hydrogen) atoms. The minimum atomic E-state index is -0.288. The monoisotopic (exact) mass is 253 g/mol. The van der Waals surface area contributed by atoms with Crippen LogP contribution in [0.15, 0.2) is 18.2 Å². The van der Waals surface area contributed by atoms with Crippen LogP contribution in [0.5, 0.6) is 5.75 Å². The van der Waals surface area contributed by atoms with E-state index >= 15 is 0 Å². The quantitative estimate of drug-likeness (QED) is 0.863. The first-order chi connectivity index (χ1) is 8.29. The molecule has 0 heterocycles. The molecule has 0 atom stereocenters. The normalized spacial score (nSPS) is 11.9. The molecule has 0 spiro atoms. The molecular formula is C15H24FNO. The Labute approximate surface area is 110 Å². The highest BCUT2D eigenvalue weighted by atomic mass is 19.1. The van der Waals surface area contributed by atoms with Crippen LogP contribution in [0.25, 0.3) is 0 Å². The van der Waals surface area contributed by atoms with E-state index in [9.17, 15) is 4.39 Å². The molecule has 0 radical (unpaired) electrons. The van der Waals surface area contributed by atoms with Crippen LogP contribution >= 0.6 is 0 Å². The lowest BCUT2D eigenvalue weighted by Crippen LogP contribution is -2.35. The summed E-state index contributed by atoms with van der Waals surface area (Å²) in [5.41, 5.74) is 0.868. The molecule has 0 amide bonds. The van der Waals surface area contributed by atoms with Gasteiger partial charge in [0.25, 0.3) is 0 Å². The fraction of sp³-hybridized carbons (Fsp3) is 0.600. The minimum Gasteiger partial charge on any atom is -0.490 e. The van der Waals surface area contributed by atoms with Gasteiger partial charge in [-0.25, -0.2) is 4.39 Å². The van der Waals surface area contributed by atoms with Crippen molar-refractivity contribution in [1.29, 1.82) is 0 Å². The van der Waals surface area contributed by atoms with Crippen molar-refractivity contribution in [3.05, 3.63) is 29.6 Å². The number of hydrogen-bond acceptors (Lipinski definition) is 2. The third-order valence-corrected chi connectivity index (χ3v) is 2.42. The largest absolute Gasteiger partial charge is 0.490 e. The highest BCUT2D eigenvalue weighted by Gasteiger charge is 2.14. The lowest BCUT2D eigenvalue weighted by Gasteiger charge is -2.22. The van der Waals surface area contributed by atoms with Gasteiger partial charge in [-0.05, 0) is 32.8 Å². The van der Waals surface area contributed by atoms with E-state index in [1.54, 1.807) is 6.07 Å². The Bertz CT molecular complexity index is 383. The fourth-order valence-electron chi connectivity index (χ4n) is 1.46. The third-order valence-electron chi connectivity index (χ3n) is 2.42. The fourth-order valence-corrected chi connectivity index (χ4v) is 1.46. The first-order valence-corrected chi connectivity index (χ1v) is 6.45. The maximum Gasteiger partial charge on any atom is 0.165 e. The summed E-state index contributed by atoms with van der Waals surface area (Å²) in [5, 5.41) is 3.35. The summed E-state index contributed by atoms with van der Waals surface area (Å²) in [6.07, 6.45) is 0. The Kier molecular flexibility index (Phi) is 5.15. The van der Waals surface area contributed by atoms with Gasteiger partial charge < -0.3 is 10.1 Å². The van der Waals surface area contributed by atoms with E-state index < -0.39 is 0 Å². The van der Waals surface area contributed by atoms with Gasteiger partial charge in [0.1, 0.15) is 0 Å². The van der Waals surface area contributed by atoms with Crippen molar-refractivity contribution in [2.75, 3.05) is 6.61 Å². The van der Waals surface area contributed by atoms with E-state index in [2.05, 4.69) is 26.1 Å². The van der Waals surface area contributed by atoms with E-state index in [0.717, 1.165) is 5.56 Å². The number of rotatable bonds is 5. The van der Waals surface area contributed by atoms with Gasteiger partial charge in [-0.2, -0.15) is 0 Å². The molecule has 0 aliphatic rings. The first kappa shape index (κ1) is 15.0. The minimum absolute atomic E-state index is 0.00162. The number of halogens is 1. The zero-order valence-corrected chi connectivity index (χ0v) is 12.0. The van der Waals surface area contributed by atoms with Gasteiger partial charge >= 0.3 is 0 Å². The molecule has 1 aromatic rings. The summed E-state index contributed by atoms with van der Waals surface area (Å²) in [6.45, 7) is 11.5. The number of para-hydroxylation sites is 1. The van der Waals surface area contributed by atoms with Crippen LogP contribution in [0, 0.1) is 11.7 Å². The molecule has 102 valence electrons. The van der Waals surface area contributed by atoms with Crippen molar-refractivity contribution in [2.45, 2.75) is 46.7 Å². The van der Waals surface area contributed by atoms with Crippen molar-refractivity contribution in [1.82, 2.24) is 5.32 Å². The van der Waals surface area contributed by atoms with Crippen LogP contribution in [-0.2, 0) is 6.54 Å². The second-order valence-electron chi connectivity index (χ2n) is 6.04. The van der Waals surface area contributed by atoms with Gasteiger partial charge in [-0.3, -0.25) is 0 Å². The molecule has 2 nitrogen and oxygen atoms in total. The Balaban J connectivity index is 2.80. The van der Waals surface area contributed by atoms with Crippen molar-refractivity contribution in [3.63, 3.8) is 0 Å². The van der Waals surface area contributed by atoms with E-state index in [-0.39, 0.29) is 11.4 Å². The third kappa shape index (κ3) is 5.05. The first-order valence-electron chi connectivity index (χ1n) is 6.45. The van der Waals surface area contributed by atoms with Crippen molar-refractivity contribution in [3.8, 4) is 5.75 Å². The topological polar surface area (TPSA) is 21.3 Å². The van der Waals surface area contributed by atoms with Crippen molar-refractivity contribution >= 4 is 0 Å². The maximum absolute atomic E-state index is 13.8. The predicted octanol–water partition coefficient (Wildman–Crippen LogP) is 3.75. The standard InChI is InChI=1S/C15H24FNO/c1-11(2)10-18-14-12(7-6-8-13(14)16)9-17-15(3,4)5/h6-8,11,17H,9-10H2,1-5H3. The second kappa shape index (κ2) is 6.19. The molecule has 0 aliphatic carbocycles. The van der Waals surface area contributed by atoms with E-state index in [4.69, 9.17) is 4.74 Å². The van der Waals surface area contributed by atoms with Crippen LogP contribution in [0.2, 0.25) is 0 Å². The van der Waals surface area contributed by atoms with Gasteiger partial charge in [-0.15, -0.1) is 0 Å². The summed E-state index contributed by atoms with van der Waals surface area (Å²) >= 11 is 0. The van der Waals surface area contributed by atoms with Gasteiger partial charge in [0.05, 0.1) is 6.61 Å². The van der Waals surface area contributed by atoms with Gasteiger partial charge in [0.2, 0.25) is 0 Å². The molecule has 1 N–H and O–H groups in total. The molecule has 0 saturated carbocycles. The Morgan fingerprint density at radius 1 is 1.28 bits per heavy atom. The van der Waals surface area contributed by atoms with E-state index in [1.807, 2.05) is 19.9 Å². The Morgan fingerprint density at radius 2 is 1.94 bits per heavy atom. The van der Waals surface area contributed by atoms with Crippen LogP contribution < -0.4 is 10.1 Å². The van der Waals surface area contributed by atoms with Crippen LogP contribution in [0.4, 0.5) is 4.39 Å². The maximum atomic E-state index is 13.8. The highest BCUT2D eigenvalue weighted by molar-refractivity contribution is 5.35. The lowest BCUT2D eigenvalue weighted by atomic mass is 10.1. The van der Waals surface area contributed by atoms with Gasteiger partial charge in [0.15, 0.2) is 11.6 Å². The number of ether oxygens (including phenoxy) is 1. The predicted molar refractivity (Wildman–Crippen MR) is 73.3 cm³/mol. The average Bonchev–Trinajstić information content (AvgIpc) is 2.23. The number of nitrogens with one attached hydrogen (secondary N) is 1. The number of hydrogen-bond donors (Lipinski definition) is 1. The molecule has 0 unspecified atom stereocenters. The van der Waals surface area contributed by atoms with Crippen LogP contribution in [0.1, 0.15) is 40.2 Å². The van der Waals surface area contributed by atoms with Crippen molar-refractivity contribution < 1.29 is 9.13 Å². The van der Waals surface area contributed by atoms with Gasteiger partial charge in [0, 0.05) is 17.6 Å². The SMILES string of the molecule is CC(C)COc1c(F)cccc1CNC(C)(C)C. The summed E-state index contributed by atoms with van der Waals surface area (Å²) in [5.74, 6) is 0.472. The number of benzene rings is 1. The van der Waals surface area contributed by atoms with Gasteiger partial charge in [-0.1, -0.05) is 26.0 Å². The average molecular weight is 253 g/mol. The zero-order valence-electron chi connectivity index (χ0n) is 12.0. The highest BCUT2D eigenvalue weighted by Crippen LogP contribution is 2.23. The smallest absolute Gasteiger partial charge is 0.165 e. The van der Waals surface area contributed by atoms with E-state index in [1.165, 1.54) is 6.07 Å². The second-order valence-corrected chi connectivity index (χ2v) is 6.04. The Morgan fingerprint density at radius 3 is 2.50 bits per heavy atom. The summed E-state index contributed by atoms with van der Waals surface area (Å²) in [4.78, 5) is 0. The van der Waals surface area contributed by atoms with Crippen LogP contribution in [0.3, 0.4) is 0 Å². The molecular weight excluding hydrogens is 229 g/mol. The van der Waals surface area contributed by atoms with Crippen molar-refractivity contribution in [2.24, 2.45) is 5.92 Å². The molecule has 1 rings (SSSR count). The molecule has 1 aromatic carbocycles. The zero-order chi connectivity index (χ0) is 13.8. The van der Waals surface area contributed by atoms with E-state index in [0.29, 0.717) is 24.8 Å². The molecule has 0 aliphatic heterocycles. The molecule has 0 aromatic heterocycles. The molecule has 0 bridgehead atoms. The summed E-state index contributed by atoms with van der Waals surface area (Å²) in [6, 6.07) is 5.06. The molecule has 0 saturated heterocycles. The Hall–Kier alpha value is -1.09. The molecule has 3 heteroatoms. The summed E-state index contributed by atoms with van der Waals surface area (Å²) < 4.78 is 19.3. The van der Waals surface area contributed by atoms with Crippen LogP contribution in [-0.4, -0.2) is 12.1 Å². The summed E-state index contributed by atoms with van der Waals surface area (Å²) in [7, 11) is 0. The molecule has 0 fully saturated rings. The lowest BCUT2D eigenvalue weighted by molar-refractivity contribution is 0.255.